The summed E-state index contributed by atoms with van der Waals surface area (Å²) in [6, 6.07) is 14.1. The highest BCUT2D eigenvalue weighted by Gasteiger charge is 2.13. The summed E-state index contributed by atoms with van der Waals surface area (Å²) in [5.74, 6) is 1.85. The number of nitrogens with one attached hydrogen (secondary N) is 1. The molecule has 126 valence electrons. The SMILES string of the molecule is CSCCC(CO)Nc1cc(-c2ccccc2)nc2cc(C)nn12. The zero-order valence-corrected chi connectivity index (χ0v) is 14.8. The first-order valence-electron chi connectivity index (χ1n) is 8.00. The van der Waals surface area contributed by atoms with E-state index in [0.717, 1.165) is 40.6 Å². The number of thioether (sulfide) groups is 1. The smallest absolute Gasteiger partial charge is 0.158 e. The molecule has 0 amide bonds. The summed E-state index contributed by atoms with van der Waals surface area (Å²) in [4.78, 5) is 4.72. The van der Waals surface area contributed by atoms with Crippen LogP contribution in [0.2, 0.25) is 0 Å². The Kier molecular flexibility index (Phi) is 5.37. The molecule has 5 nitrogen and oxygen atoms in total. The summed E-state index contributed by atoms with van der Waals surface area (Å²) in [6.07, 6.45) is 2.96. The number of aromatic nitrogens is 3. The number of hydrogen-bond donors (Lipinski definition) is 2. The van der Waals surface area contributed by atoms with E-state index in [1.807, 2.05) is 53.9 Å². The van der Waals surface area contributed by atoms with Crippen molar-refractivity contribution in [2.45, 2.75) is 19.4 Å². The fourth-order valence-corrected chi connectivity index (χ4v) is 3.15. The first kappa shape index (κ1) is 16.8. The molecule has 0 aliphatic heterocycles. The van der Waals surface area contributed by atoms with E-state index in [0.29, 0.717) is 0 Å². The van der Waals surface area contributed by atoms with E-state index >= 15 is 0 Å². The number of aliphatic hydroxyl groups is 1. The maximum absolute atomic E-state index is 9.66. The zero-order valence-electron chi connectivity index (χ0n) is 13.9. The summed E-state index contributed by atoms with van der Waals surface area (Å²) in [5.41, 5.74) is 3.68. The lowest BCUT2D eigenvalue weighted by Gasteiger charge is -2.18. The predicted octanol–water partition coefficient (Wildman–Crippen LogP) is 3.23. The summed E-state index contributed by atoms with van der Waals surface area (Å²) < 4.78 is 1.81. The Labute approximate surface area is 146 Å². The predicted molar refractivity (Wildman–Crippen MR) is 101 cm³/mol. The van der Waals surface area contributed by atoms with Crippen LogP contribution in [0.3, 0.4) is 0 Å². The lowest BCUT2D eigenvalue weighted by Crippen LogP contribution is -2.26. The van der Waals surface area contributed by atoms with E-state index in [9.17, 15) is 5.11 Å². The highest BCUT2D eigenvalue weighted by molar-refractivity contribution is 7.98. The lowest BCUT2D eigenvalue weighted by molar-refractivity contribution is 0.272. The molecule has 2 aromatic heterocycles. The zero-order chi connectivity index (χ0) is 16.9. The molecule has 2 heterocycles. The van der Waals surface area contributed by atoms with Crippen molar-refractivity contribution < 1.29 is 5.11 Å². The van der Waals surface area contributed by atoms with Gasteiger partial charge < -0.3 is 10.4 Å². The van der Waals surface area contributed by atoms with Crippen molar-refractivity contribution in [2.24, 2.45) is 0 Å². The van der Waals surface area contributed by atoms with E-state index in [4.69, 9.17) is 4.98 Å². The standard InChI is InChI=1S/C18H22N4OS/c1-13-10-17-20-16(14-6-4-3-5-7-14)11-18(22(17)21-13)19-15(12-23)8-9-24-2/h3-7,10-11,15,19,23H,8-9,12H2,1-2H3. The van der Waals surface area contributed by atoms with Crippen LogP contribution < -0.4 is 5.32 Å². The van der Waals surface area contributed by atoms with Gasteiger partial charge in [-0.25, -0.2) is 4.98 Å². The Balaban J connectivity index is 2.01. The number of nitrogens with zero attached hydrogens (tertiary/aromatic N) is 3. The van der Waals surface area contributed by atoms with Crippen LogP contribution in [0.4, 0.5) is 5.82 Å². The van der Waals surface area contributed by atoms with Crippen LogP contribution in [0.15, 0.2) is 42.5 Å². The highest BCUT2D eigenvalue weighted by Crippen LogP contribution is 2.23. The van der Waals surface area contributed by atoms with Gasteiger partial charge in [-0.2, -0.15) is 21.4 Å². The number of benzene rings is 1. The van der Waals surface area contributed by atoms with Crippen molar-refractivity contribution in [1.29, 1.82) is 0 Å². The van der Waals surface area contributed by atoms with Crippen molar-refractivity contribution in [3.05, 3.63) is 48.2 Å². The quantitative estimate of drug-likeness (QED) is 0.690. The molecule has 2 N–H and O–H groups in total. The molecule has 3 aromatic rings. The Morgan fingerprint density at radius 2 is 2.04 bits per heavy atom. The Hall–Kier alpha value is -2.05. The number of anilines is 1. The average molecular weight is 342 g/mol. The second-order valence-corrected chi connectivity index (χ2v) is 6.74. The van der Waals surface area contributed by atoms with Gasteiger partial charge in [0, 0.05) is 17.7 Å². The summed E-state index contributed by atoms with van der Waals surface area (Å²) in [5, 5.41) is 17.6. The summed E-state index contributed by atoms with van der Waals surface area (Å²) in [7, 11) is 0. The Morgan fingerprint density at radius 1 is 1.25 bits per heavy atom. The monoisotopic (exact) mass is 342 g/mol. The average Bonchev–Trinajstić information content (AvgIpc) is 2.99. The van der Waals surface area contributed by atoms with Crippen molar-refractivity contribution in [2.75, 3.05) is 23.9 Å². The molecular formula is C18H22N4OS. The molecule has 0 bridgehead atoms. The third kappa shape index (κ3) is 3.71. The van der Waals surface area contributed by atoms with Gasteiger partial charge in [-0.3, -0.25) is 0 Å². The van der Waals surface area contributed by atoms with Crippen LogP contribution in [-0.2, 0) is 0 Å². The molecule has 0 saturated carbocycles. The van der Waals surface area contributed by atoms with Crippen molar-refractivity contribution in [3.63, 3.8) is 0 Å². The van der Waals surface area contributed by atoms with E-state index in [-0.39, 0.29) is 12.6 Å². The van der Waals surface area contributed by atoms with Gasteiger partial charge in [0.15, 0.2) is 5.65 Å². The molecule has 1 aromatic carbocycles. The molecule has 3 rings (SSSR count). The van der Waals surface area contributed by atoms with Crippen LogP contribution in [0.1, 0.15) is 12.1 Å². The molecule has 1 atom stereocenters. The van der Waals surface area contributed by atoms with Gasteiger partial charge in [0.2, 0.25) is 0 Å². The Bertz CT molecular complexity index is 803. The number of aliphatic hydroxyl groups excluding tert-OH is 1. The van der Waals surface area contributed by atoms with Crippen LogP contribution in [0.5, 0.6) is 0 Å². The van der Waals surface area contributed by atoms with Crippen LogP contribution in [0, 0.1) is 6.92 Å². The number of rotatable bonds is 7. The minimum Gasteiger partial charge on any atom is -0.394 e. The summed E-state index contributed by atoms with van der Waals surface area (Å²) in [6.45, 7) is 2.04. The highest BCUT2D eigenvalue weighted by atomic mass is 32.2. The van der Waals surface area contributed by atoms with Gasteiger partial charge >= 0.3 is 0 Å². The second kappa shape index (κ2) is 7.68. The van der Waals surface area contributed by atoms with Crippen LogP contribution >= 0.6 is 11.8 Å². The Morgan fingerprint density at radius 3 is 2.75 bits per heavy atom. The molecule has 24 heavy (non-hydrogen) atoms. The molecular weight excluding hydrogens is 320 g/mol. The largest absolute Gasteiger partial charge is 0.394 e. The molecule has 6 heteroatoms. The fourth-order valence-electron chi connectivity index (χ4n) is 2.63. The minimum atomic E-state index is -0.00354. The molecule has 0 radical (unpaired) electrons. The maximum atomic E-state index is 9.66. The van der Waals surface area contributed by atoms with Crippen molar-refractivity contribution in [1.82, 2.24) is 14.6 Å². The lowest BCUT2D eigenvalue weighted by atomic mass is 10.1. The molecule has 0 fully saturated rings. The van der Waals surface area contributed by atoms with Crippen molar-refractivity contribution >= 4 is 23.2 Å². The maximum Gasteiger partial charge on any atom is 0.158 e. The molecule has 0 saturated heterocycles. The first-order valence-corrected chi connectivity index (χ1v) is 9.40. The van der Waals surface area contributed by atoms with Gasteiger partial charge in [0.1, 0.15) is 5.82 Å². The van der Waals surface area contributed by atoms with Gasteiger partial charge in [-0.15, -0.1) is 0 Å². The fraction of sp³-hybridized carbons (Fsp3) is 0.333. The number of fused-ring (bicyclic) bond motifs is 1. The molecule has 0 spiro atoms. The molecule has 1 unspecified atom stereocenters. The third-order valence-corrected chi connectivity index (χ3v) is 4.51. The van der Waals surface area contributed by atoms with Gasteiger partial charge in [0.25, 0.3) is 0 Å². The topological polar surface area (TPSA) is 62.5 Å². The van der Waals surface area contributed by atoms with Gasteiger partial charge in [-0.1, -0.05) is 30.3 Å². The van der Waals surface area contributed by atoms with Crippen molar-refractivity contribution in [3.8, 4) is 11.3 Å². The van der Waals surface area contributed by atoms with Crippen LogP contribution in [0.25, 0.3) is 16.9 Å². The molecule has 0 aliphatic carbocycles. The number of aryl methyl sites for hydroxylation is 1. The summed E-state index contributed by atoms with van der Waals surface area (Å²) >= 11 is 1.78. The van der Waals surface area contributed by atoms with Gasteiger partial charge in [-0.05, 0) is 25.4 Å². The first-order chi connectivity index (χ1) is 11.7. The van der Waals surface area contributed by atoms with E-state index in [1.165, 1.54) is 0 Å². The number of hydrogen-bond acceptors (Lipinski definition) is 5. The van der Waals surface area contributed by atoms with E-state index < -0.39 is 0 Å². The minimum absolute atomic E-state index is 0.00354. The third-order valence-electron chi connectivity index (χ3n) is 3.86. The van der Waals surface area contributed by atoms with E-state index in [1.54, 1.807) is 11.8 Å². The van der Waals surface area contributed by atoms with Gasteiger partial charge in [0.05, 0.1) is 24.0 Å². The van der Waals surface area contributed by atoms with E-state index in [2.05, 4.69) is 16.7 Å². The van der Waals surface area contributed by atoms with Crippen LogP contribution in [-0.4, -0.2) is 44.4 Å². The molecule has 0 aliphatic rings. The second-order valence-electron chi connectivity index (χ2n) is 5.75. The normalized spacial score (nSPS) is 12.5.